The van der Waals surface area contributed by atoms with Crippen molar-refractivity contribution in [1.29, 1.82) is 0 Å². The molecule has 0 radical (unpaired) electrons. The normalized spacial score (nSPS) is 10.9. The van der Waals surface area contributed by atoms with Crippen LogP contribution in [0.25, 0.3) is 0 Å². The van der Waals surface area contributed by atoms with E-state index in [1.54, 1.807) is 0 Å². The minimum absolute atomic E-state index is 0.332. The van der Waals surface area contributed by atoms with E-state index in [2.05, 4.69) is 53.1 Å². The third-order valence-corrected chi connectivity index (χ3v) is 3.21. The van der Waals surface area contributed by atoms with E-state index >= 15 is 0 Å². The summed E-state index contributed by atoms with van der Waals surface area (Å²) in [7, 11) is 0. The van der Waals surface area contributed by atoms with Crippen molar-refractivity contribution in [2.45, 2.75) is 39.7 Å². The topological polar surface area (TPSA) is 34.1 Å². The van der Waals surface area contributed by atoms with Crippen molar-refractivity contribution < 1.29 is 4.74 Å². The number of pyridine rings is 1. The molecule has 0 amide bonds. The Morgan fingerprint density at radius 2 is 2.18 bits per heavy atom. The second kappa shape index (κ2) is 7.67. The Kier molecular flexibility index (Phi) is 6.52. The maximum atomic E-state index is 5.48. The van der Waals surface area contributed by atoms with Gasteiger partial charge < -0.3 is 10.1 Å². The zero-order chi connectivity index (χ0) is 12.7. The highest BCUT2D eigenvalue weighted by atomic mass is 79.9. The van der Waals surface area contributed by atoms with Crippen LogP contribution in [0.15, 0.2) is 16.7 Å². The Balaban J connectivity index is 2.16. The Labute approximate surface area is 112 Å². The second-order valence-corrected chi connectivity index (χ2v) is 5.23. The van der Waals surface area contributed by atoms with Crippen LogP contribution in [-0.4, -0.2) is 24.2 Å². The summed E-state index contributed by atoms with van der Waals surface area (Å²) in [5.41, 5.74) is 1.20. The fourth-order valence-corrected chi connectivity index (χ4v) is 1.62. The Morgan fingerprint density at radius 1 is 1.41 bits per heavy atom. The van der Waals surface area contributed by atoms with Crippen LogP contribution in [0.1, 0.15) is 32.3 Å². The number of hydrogen-bond acceptors (Lipinski definition) is 3. The highest BCUT2D eigenvalue weighted by Gasteiger charge is 1.98. The quantitative estimate of drug-likeness (QED) is 0.778. The third kappa shape index (κ3) is 6.03. The van der Waals surface area contributed by atoms with E-state index in [0.29, 0.717) is 6.10 Å². The van der Waals surface area contributed by atoms with Gasteiger partial charge in [0.05, 0.1) is 6.10 Å². The van der Waals surface area contributed by atoms with Crippen molar-refractivity contribution in [2.24, 2.45) is 0 Å². The van der Waals surface area contributed by atoms with Crippen molar-refractivity contribution in [3.8, 4) is 0 Å². The summed E-state index contributed by atoms with van der Waals surface area (Å²) in [5.74, 6) is 0.940. The van der Waals surface area contributed by atoms with E-state index in [0.717, 1.165) is 36.3 Å². The average molecular weight is 301 g/mol. The molecule has 0 aliphatic heterocycles. The first-order valence-electron chi connectivity index (χ1n) is 6.07. The second-order valence-electron chi connectivity index (χ2n) is 4.37. The minimum atomic E-state index is 0.332. The van der Waals surface area contributed by atoms with Crippen molar-refractivity contribution in [2.75, 3.05) is 18.5 Å². The van der Waals surface area contributed by atoms with Gasteiger partial charge in [-0.3, -0.25) is 0 Å². The summed E-state index contributed by atoms with van der Waals surface area (Å²) in [4.78, 5) is 4.30. The summed E-state index contributed by atoms with van der Waals surface area (Å²) in [6, 6.07) is 2.05. The van der Waals surface area contributed by atoms with Crippen LogP contribution in [-0.2, 0) is 4.74 Å². The number of halogens is 1. The van der Waals surface area contributed by atoms with Gasteiger partial charge >= 0.3 is 0 Å². The van der Waals surface area contributed by atoms with Gasteiger partial charge in [-0.05, 0) is 61.2 Å². The SMILES string of the molecule is Cc1cc(NCCCCOC(C)C)ncc1Br. The molecule has 0 unspecified atom stereocenters. The molecule has 1 aromatic rings. The van der Waals surface area contributed by atoms with Crippen LogP contribution in [0.3, 0.4) is 0 Å². The smallest absolute Gasteiger partial charge is 0.126 e. The molecule has 0 bridgehead atoms. The lowest BCUT2D eigenvalue weighted by Crippen LogP contribution is -2.07. The molecule has 0 aromatic carbocycles. The molecule has 0 spiro atoms. The molecule has 96 valence electrons. The molecule has 0 aliphatic carbocycles. The molecule has 0 fully saturated rings. The number of ether oxygens (including phenoxy) is 1. The van der Waals surface area contributed by atoms with Gasteiger partial charge in [0.25, 0.3) is 0 Å². The van der Waals surface area contributed by atoms with Gasteiger partial charge in [0.2, 0.25) is 0 Å². The first-order valence-corrected chi connectivity index (χ1v) is 6.86. The number of unbranched alkanes of at least 4 members (excludes halogenated alkanes) is 1. The first kappa shape index (κ1) is 14.5. The molecular weight excluding hydrogens is 280 g/mol. The van der Waals surface area contributed by atoms with E-state index < -0.39 is 0 Å². The van der Waals surface area contributed by atoms with E-state index in [1.807, 2.05) is 6.20 Å². The van der Waals surface area contributed by atoms with Crippen molar-refractivity contribution >= 4 is 21.7 Å². The third-order valence-electron chi connectivity index (χ3n) is 2.38. The summed E-state index contributed by atoms with van der Waals surface area (Å²) in [6.45, 7) is 7.97. The molecule has 17 heavy (non-hydrogen) atoms. The number of nitrogens with one attached hydrogen (secondary N) is 1. The van der Waals surface area contributed by atoms with Gasteiger partial charge in [0.1, 0.15) is 5.82 Å². The van der Waals surface area contributed by atoms with Gasteiger partial charge in [-0.25, -0.2) is 4.98 Å². The predicted molar refractivity (Wildman–Crippen MR) is 75.5 cm³/mol. The first-order chi connectivity index (χ1) is 8.09. The van der Waals surface area contributed by atoms with Gasteiger partial charge in [-0.15, -0.1) is 0 Å². The fourth-order valence-electron chi connectivity index (χ4n) is 1.40. The molecule has 0 saturated heterocycles. The molecule has 1 N–H and O–H groups in total. The highest BCUT2D eigenvalue weighted by Crippen LogP contribution is 2.17. The Hall–Kier alpha value is -0.610. The lowest BCUT2D eigenvalue weighted by Gasteiger charge is -2.08. The monoisotopic (exact) mass is 300 g/mol. The zero-order valence-electron chi connectivity index (χ0n) is 10.8. The van der Waals surface area contributed by atoms with E-state index in [1.165, 1.54) is 5.56 Å². The van der Waals surface area contributed by atoms with Gasteiger partial charge in [0.15, 0.2) is 0 Å². The Morgan fingerprint density at radius 3 is 2.82 bits per heavy atom. The summed E-state index contributed by atoms with van der Waals surface area (Å²) in [6.07, 6.45) is 4.35. The number of anilines is 1. The largest absolute Gasteiger partial charge is 0.379 e. The highest BCUT2D eigenvalue weighted by molar-refractivity contribution is 9.10. The van der Waals surface area contributed by atoms with E-state index in [9.17, 15) is 0 Å². The predicted octanol–water partition coefficient (Wildman–Crippen LogP) is 3.77. The minimum Gasteiger partial charge on any atom is -0.379 e. The molecule has 3 nitrogen and oxygen atoms in total. The van der Waals surface area contributed by atoms with Crippen molar-refractivity contribution in [3.63, 3.8) is 0 Å². The molecular formula is C13H21BrN2O. The number of nitrogens with zero attached hydrogens (tertiary/aromatic N) is 1. The van der Waals surface area contributed by atoms with Gasteiger partial charge in [-0.1, -0.05) is 0 Å². The molecule has 1 aromatic heterocycles. The molecule has 1 rings (SSSR count). The van der Waals surface area contributed by atoms with Crippen LogP contribution in [0.4, 0.5) is 5.82 Å². The molecule has 0 saturated carbocycles. The summed E-state index contributed by atoms with van der Waals surface area (Å²) >= 11 is 3.44. The van der Waals surface area contributed by atoms with Gasteiger partial charge in [0, 0.05) is 23.8 Å². The number of aryl methyl sites for hydroxylation is 1. The standard InChI is InChI=1S/C13H21BrN2O/c1-10(2)17-7-5-4-6-15-13-8-11(3)12(14)9-16-13/h8-10H,4-7H2,1-3H3,(H,15,16). The molecule has 0 atom stereocenters. The molecule has 4 heteroatoms. The maximum absolute atomic E-state index is 5.48. The lowest BCUT2D eigenvalue weighted by atomic mass is 10.3. The van der Waals surface area contributed by atoms with Crippen molar-refractivity contribution in [3.05, 3.63) is 22.3 Å². The summed E-state index contributed by atoms with van der Waals surface area (Å²) < 4.78 is 6.53. The van der Waals surface area contributed by atoms with Crippen molar-refractivity contribution in [1.82, 2.24) is 4.98 Å². The Bertz CT molecular complexity index is 342. The van der Waals surface area contributed by atoms with Gasteiger partial charge in [-0.2, -0.15) is 0 Å². The van der Waals surface area contributed by atoms with Crippen LogP contribution < -0.4 is 5.32 Å². The van der Waals surface area contributed by atoms with Crippen LogP contribution in [0.2, 0.25) is 0 Å². The fraction of sp³-hybridized carbons (Fsp3) is 0.615. The van der Waals surface area contributed by atoms with Crippen LogP contribution in [0, 0.1) is 6.92 Å². The zero-order valence-corrected chi connectivity index (χ0v) is 12.4. The maximum Gasteiger partial charge on any atom is 0.126 e. The number of aromatic nitrogens is 1. The van der Waals surface area contributed by atoms with E-state index in [-0.39, 0.29) is 0 Å². The summed E-state index contributed by atoms with van der Waals surface area (Å²) in [5, 5.41) is 3.31. The average Bonchev–Trinajstić information content (AvgIpc) is 2.27. The molecule has 1 heterocycles. The van der Waals surface area contributed by atoms with E-state index in [4.69, 9.17) is 4.74 Å². The van der Waals surface area contributed by atoms with Crippen LogP contribution >= 0.6 is 15.9 Å². The van der Waals surface area contributed by atoms with Crippen LogP contribution in [0.5, 0.6) is 0 Å². The number of rotatable bonds is 7. The molecule has 0 aliphatic rings. The lowest BCUT2D eigenvalue weighted by molar-refractivity contribution is 0.0765. The number of hydrogen-bond donors (Lipinski definition) is 1.